The molecule has 0 aromatic rings. The summed E-state index contributed by atoms with van der Waals surface area (Å²) in [7, 11) is 2.17. The molecule has 0 heterocycles. The zero-order chi connectivity index (χ0) is 10.7. The van der Waals surface area contributed by atoms with Gasteiger partial charge in [-0.2, -0.15) is 0 Å². The van der Waals surface area contributed by atoms with Gasteiger partial charge in [0.2, 0.25) is 0 Å². The van der Waals surface area contributed by atoms with Crippen molar-refractivity contribution in [3.8, 4) is 0 Å². The third kappa shape index (κ3) is 9.62. The van der Waals surface area contributed by atoms with Gasteiger partial charge < -0.3 is 4.90 Å². The molecule has 0 aliphatic rings. The Bertz CT molecular complexity index is 116. The minimum absolute atomic E-state index is 1.14. The lowest BCUT2D eigenvalue weighted by molar-refractivity contribution is 0.379. The number of allylic oxidation sites excluding steroid dienone is 1. The molecule has 0 saturated carbocycles. The van der Waals surface area contributed by atoms with E-state index in [1.165, 1.54) is 12.8 Å². The number of hydrogen-bond acceptors (Lipinski definition) is 1. The van der Waals surface area contributed by atoms with Crippen LogP contribution in [0.4, 0.5) is 0 Å². The third-order valence-electron chi connectivity index (χ3n) is 1.96. The molecule has 13 heavy (non-hydrogen) atoms. The summed E-state index contributed by atoms with van der Waals surface area (Å²) in [4.78, 5) is 2.34. The Labute approximate surface area is 84.8 Å². The fourth-order valence-electron chi connectivity index (χ4n) is 1.07. The molecule has 0 saturated heterocycles. The van der Waals surface area contributed by atoms with E-state index in [0.29, 0.717) is 0 Å². The molecule has 0 unspecified atom stereocenters. The first-order valence-electron chi connectivity index (χ1n) is 5.61. The average Bonchev–Trinajstić information content (AvgIpc) is 2.20. The Morgan fingerprint density at radius 3 is 2.00 bits per heavy atom. The molecule has 1 heteroatoms. The Kier molecular flexibility index (Phi) is 13.7. The maximum atomic E-state index is 2.34. The topological polar surface area (TPSA) is 3.24 Å². The van der Waals surface area contributed by atoms with Crippen LogP contribution >= 0.6 is 0 Å². The van der Waals surface area contributed by atoms with E-state index in [-0.39, 0.29) is 0 Å². The van der Waals surface area contributed by atoms with Crippen molar-refractivity contribution in [2.45, 2.75) is 47.5 Å². The summed E-state index contributed by atoms with van der Waals surface area (Å²) in [5.74, 6) is 0. The molecule has 80 valence electrons. The van der Waals surface area contributed by atoms with Crippen LogP contribution in [0.5, 0.6) is 0 Å². The second-order valence-electron chi connectivity index (χ2n) is 2.95. The molecule has 0 aromatic carbocycles. The van der Waals surface area contributed by atoms with Crippen molar-refractivity contribution in [2.24, 2.45) is 0 Å². The van der Waals surface area contributed by atoms with Crippen molar-refractivity contribution < 1.29 is 0 Å². The van der Waals surface area contributed by atoms with Gasteiger partial charge in [0.25, 0.3) is 0 Å². The Morgan fingerprint density at radius 1 is 1.15 bits per heavy atom. The number of likely N-dealkylation sites (N-methyl/N-ethyl adjacent to an activating group) is 1. The Hall–Kier alpha value is -0.300. The van der Waals surface area contributed by atoms with Gasteiger partial charge in [-0.15, -0.1) is 0 Å². The summed E-state index contributed by atoms with van der Waals surface area (Å²) >= 11 is 0. The summed E-state index contributed by atoms with van der Waals surface area (Å²) in [6, 6.07) is 0. The SMILES string of the molecule is CC.CC/C=C(/CC)CN(C)CC. The molecule has 0 aromatic heterocycles. The highest BCUT2D eigenvalue weighted by molar-refractivity contribution is 5.02. The summed E-state index contributed by atoms with van der Waals surface area (Å²) in [6.45, 7) is 12.9. The quantitative estimate of drug-likeness (QED) is 0.590. The number of rotatable bonds is 5. The van der Waals surface area contributed by atoms with E-state index >= 15 is 0 Å². The summed E-state index contributed by atoms with van der Waals surface area (Å²) in [6.07, 6.45) is 4.70. The highest BCUT2D eigenvalue weighted by Gasteiger charge is 1.97. The van der Waals surface area contributed by atoms with Crippen molar-refractivity contribution in [3.05, 3.63) is 11.6 Å². The van der Waals surface area contributed by atoms with Crippen molar-refractivity contribution in [1.29, 1.82) is 0 Å². The van der Waals surface area contributed by atoms with Gasteiger partial charge in [-0.25, -0.2) is 0 Å². The van der Waals surface area contributed by atoms with Gasteiger partial charge in [-0.05, 0) is 26.4 Å². The molecule has 0 radical (unpaired) electrons. The van der Waals surface area contributed by atoms with Crippen LogP contribution in [0.1, 0.15) is 47.5 Å². The average molecular weight is 185 g/mol. The first-order valence-corrected chi connectivity index (χ1v) is 5.61. The predicted octanol–water partition coefficient (Wildman–Crippen LogP) is 3.71. The largest absolute Gasteiger partial charge is 0.303 e. The van der Waals surface area contributed by atoms with Crippen LogP contribution in [-0.2, 0) is 0 Å². The monoisotopic (exact) mass is 185 g/mol. The van der Waals surface area contributed by atoms with Crippen LogP contribution in [0, 0.1) is 0 Å². The maximum Gasteiger partial charge on any atom is 0.0189 e. The van der Waals surface area contributed by atoms with Crippen LogP contribution in [0.2, 0.25) is 0 Å². The summed E-state index contributed by atoms with van der Waals surface area (Å²) in [5, 5.41) is 0. The van der Waals surface area contributed by atoms with E-state index in [1.807, 2.05) is 13.8 Å². The van der Waals surface area contributed by atoms with Crippen molar-refractivity contribution >= 4 is 0 Å². The molecular formula is C12H27N. The number of hydrogen-bond donors (Lipinski definition) is 0. The molecule has 0 aliphatic heterocycles. The van der Waals surface area contributed by atoms with Crippen LogP contribution in [0.3, 0.4) is 0 Å². The van der Waals surface area contributed by atoms with E-state index in [9.17, 15) is 0 Å². The molecule has 0 rings (SSSR count). The lowest BCUT2D eigenvalue weighted by Gasteiger charge is -2.15. The zero-order valence-corrected chi connectivity index (χ0v) is 10.4. The van der Waals surface area contributed by atoms with Crippen LogP contribution < -0.4 is 0 Å². The minimum Gasteiger partial charge on any atom is -0.303 e. The van der Waals surface area contributed by atoms with Crippen molar-refractivity contribution in [2.75, 3.05) is 20.1 Å². The molecule has 0 fully saturated rings. The zero-order valence-electron chi connectivity index (χ0n) is 10.4. The maximum absolute atomic E-state index is 2.34. The minimum atomic E-state index is 1.14. The molecule has 0 bridgehead atoms. The fourth-order valence-corrected chi connectivity index (χ4v) is 1.07. The first-order chi connectivity index (χ1) is 6.24. The second-order valence-corrected chi connectivity index (χ2v) is 2.95. The fraction of sp³-hybridized carbons (Fsp3) is 0.833. The molecule has 0 amide bonds. The van der Waals surface area contributed by atoms with Crippen LogP contribution in [0.25, 0.3) is 0 Å². The highest BCUT2D eigenvalue weighted by Crippen LogP contribution is 2.03. The Morgan fingerprint density at radius 2 is 1.69 bits per heavy atom. The molecule has 0 N–H and O–H groups in total. The molecule has 1 nitrogen and oxygen atoms in total. The molecular weight excluding hydrogens is 158 g/mol. The number of nitrogens with zero attached hydrogens (tertiary/aromatic N) is 1. The lowest BCUT2D eigenvalue weighted by atomic mass is 10.1. The van der Waals surface area contributed by atoms with Gasteiger partial charge >= 0.3 is 0 Å². The molecule has 0 aliphatic carbocycles. The van der Waals surface area contributed by atoms with Gasteiger partial charge in [0.1, 0.15) is 0 Å². The van der Waals surface area contributed by atoms with Gasteiger partial charge in [-0.3, -0.25) is 0 Å². The first kappa shape index (κ1) is 15.2. The molecule has 0 atom stereocenters. The smallest absolute Gasteiger partial charge is 0.0189 e. The normalized spacial score (nSPS) is 11.2. The van der Waals surface area contributed by atoms with E-state index in [0.717, 1.165) is 13.1 Å². The highest BCUT2D eigenvalue weighted by atomic mass is 15.1. The molecule has 0 spiro atoms. The van der Waals surface area contributed by atoms with Crippen LogP contribution in [-0.4, -0.2) is 25.0 Å². The third-order valence-corrected chi connectivity index (χ3v) is 1.96. The van der Waals surface area contributed by atoms with E-state index in [2.05, 4.69) is 38.8 Å². The van der Waals surface area contributed by atoms with Crippen LogP contribution in [0.15, 0.2) is 11.6 Å². The predicted molar refractivity (Wildman–Crippen MR) is 63.2 cm³/mol. The van der Waals surface area contributed by atoms with Gasteiger partial charge in [-0.1, -0.05) is 46.3 Å². The van der Waals surface area contributed by atoms with E-state index in [1.54, 1.807) is 5.57 Å². The van der Waals surface area contributed by atoms with E-state index < -0.39 is 0 Å². The summed E-state index contributed by atoms with van der Waals surface area (Å²) in [5.41, 5.74) is 1.57. The van der Waals surface area contributed by atoms with Crippen molar-refractivity contribution in [1.82, 2.24) is 4.90 Å². The van der Waals surface area contributed by atoms with Gasteiger partial charge in [0.05, 0.1) is 0 Å². The van der Waals surface area contributed by atoms with Crippen molar-refractivity contribution in [3.63, 3.8) is 0 Å². The Balaban J connectivity index is 0. The lowest BCUT2D eigenvalue weighted by Crippen LogP contribution is -2.20. The van der Waals surface area contributed by atoms with Gasteiger partial charge in [0.15, 0.2) is 0 Å². The summed E-state index contributed by atoms with van der Waals surface area (Å²) < 4.78 is 0. The van der Waals surface area contributed by atoms with E-state index in [4.69, 9.17) is 0 Å². The standard InChI is InChI=1S/C10H21N.C2H6/c1-5-8-10(6-2)9-11(4)7-3;1-2/h8H,5-7,9H2,1-4H3;1-2H3/b10-8-;. The second kappa shape index (κ2) is 11.7. The van der Waals surface area contributed by atoms with Gasteiger partial charge in [0, 0.05) is 6.54 Å².